The molecule has 1 aliphatic rings. The van der Waals surface area contributed by atoms with Crippen LogP contribution in [-0.2, 0) is 10.8 Å². The number of rotatable bonds is 6. The molecule has 0 atom stereocenters. The molecule has 0 bridgehead atoms. The van der Waals surface area contributed by atoms with E-state index in [0.717, 1.165) is 17.1 Å². The van der Waals surface area contributed by atoms with Crippen LogP contribution in [-0.4, -0.2) is 0 Å². The number of para-hydroxylation sites is 1. The number of fused-ring (bicyclic) bond motifs is 4. The van der Waals surface area contributed by atoms with Crippen LogP contribution < -0.4 is 4.90 Å². The van der Waals surface area contributed by atoms with Crippen LogP contribution in [0.2, 0.25) is 0 Å². The summed E-state index contributed by atoms with van der Waals surface area (Å²) < 4.78 is 0. The molecule has 262 valence electrons. The van der Waals surface area contributed by atoms with Gasteiger partial charge in [0.2, 0.25) is 0 Å². The highest BCUT2D eigenvalue weighted by Gasteiger charge is 2.38. The van der Waals surface area contributed by atoms with Gasteiger partial charge in [0, 0.05) is 22.2 Å². The predicted octanol–water partition coefficient (Wildman–Crippen LogP) is 14.9. The Kier molecular flexibility index (Phi) is 8.12. The Hall–Kier alpha value is -6.18. The lowest BCUT2D eigenvalue weighted by Crippen LogP contribution is -2.18. The van der Waals surface area contributed by atoms with Crippen molar-refractivity contribution in [2.45, 2.75) is 45.4 Å². The SMILES string of the molecule is CC(C)(C)c1ccccc1-c1cc2ccccc2cc1N(c1ccc2c(c1)C(C)(C)c1cccc(-c3ccccc3)c1-2)c1ccccc1-c1ccccc1. The van der Waals surface area contributed by atoms with Crippen LogP contribution in [0.5, 0.6) is 0 Å². The zero-order valence-corrected chi connectivity index (χ0v) is 31.8. The van der Waals surface area contributed by atoms with Gasteiger partial charge in [0.25, 0.3) is 0 Å². The van der Waals surface area contributed by atoms with Crippen LogP contribution in [0.25, 0.3) is 55.3 Å². The molecule has 0 spiro atoms. The van der Waals surface area contributed by atoms with Gasteiger partial charge in [0.05, 0.1) is 11.4 Å². The third-order valence-electron chi connectivity index (χ3n) is 11.4. The van der Waals surface area contributed by atoms with Gasteiger partial charge in [-0.15, -0.1) is 0 Å². The molecule has 0 unspecified atom stereocenters. The first-order chi connectivity index (χ1) is 26.2. The normalized spacial score (nSPS) is 13.1. The van der Waals surface area contributed by atoms with Gasteiger partial charge in [-0.1, -0.05) is 186 Å². The average Bonchev–Trinajstić information content (AvgIpc) is 3.44. The molecule has 54 heavy (non-hydrogen) atoms. The largest absolute Gasteiger partial charge is 0.309 e. The Morgan fingerprint density at radius 3 is 1.69 bits per heavy atom. The minimum atomic E-state index is -0.193. The Bertz CT molecular complexity index is 2660. The summed E-state index contributed by atoms with van der Waals surface area (Å²) in [6.45, 7) is 11.7. The molecule has 1 nitrogen and oxygen atoms in total. The number of hydrogen-bond acceptors (Lipinski definition) is 1. The number of benzene rings is 8. The number of nitrogens with zero attached hydrogens (tertiary/aromatic N) is 1. The van der Waals surface area contributed by atoms with E-state index in [1.165, 1.54) is 72.0 Å². The summed E-state index contributed by atoms with van der Waals surface area (Å²) in [7, 11) is 0. The van der Waals surface area contributed by atoms with Gasteiger partial charge in [-0.3, -0.25) is 0 Å². The molecule has 8 aromatic rings. The first-order valence-electron chi connectivity index (χ1n) is 19.1. The Morgan fingerprint density at radius 1 is 0.407 bits per heavy atom. The molecule has 0 heterocycles. The van der Waals surface area contributed by atoms with E-state index in [1.54, 1.807) is 0 Å². The maximum Gasteiger partial charge on any atom is 0.0546 e. The summed E-state index contributed by atoms with van der Waals surface area (Å²) in [4.78, 5) is 2.53. The van der Waals surface area contributed by atoms with E-state index in [2.05, 4.69) is 222 Å². The van der Waals surface area contributed by atoms with Crippen LogP contribution in [0.3, 0.4) is 0 Å². The van der Waals surface area contributed by atoms with Crippen LogP contribution >= 0.6 is 0 Å². The number of anilines is 3. The molecule has 0 aromatic heterocycles. The van der Waals surface area contributed by atoms with Crippen LogP contribution in [0, 0.1) is 0 Å². The van der Waals surface area contributed by atoms with Gasteiger partial charge in [-0.05, 0) is 96.6 Å². The molecule has 8 aromatic carbocycles. The van der Waals surface area contributed by atoms with Gasteiger partial charge in [-0.25, -0.2) is 0 Å². The van der Waals surface area contributed by atoms with Gasteiger partial charge in [0.15, 0.2) is 0 Å². The monoisotopic (exact) mass is 695 g/mol. The second-order valence-corrected chi connectivity index (χ2v) is 16.2. The van der Waals surface area contributed by atoms with Crippen molar-refractivity contribution in [2.24, 2.45) is 0 Å². The fourth-order valence-corrected chi connectivity index (χ4v) is 8.71. The molecule has 0 aliphatic heterocycles. The van der Waals surface area contributed by atoms with Crippen LogP contribution in [0.1, 0.15) is 51.3 Å². The molecule has 0 amide bonds. The maximum atomic E-state index is 2.53. The van der Waals surface area contributed by atoms with Gasteiger partial charge >= 0.3 is 0 Å². The van der Waals surface area contributed by atoms with E-state index in [0.29, 0.717) is 0 Å². The first-order valence-corrected chi connectivity index (χ1v) is 19.1. The lowest BCUT2D eigenvalue weighted by Gasteiger charge is -2.33. The summed E-state index contributed by atoms with van der Waals surface area (Å²) >= 11 is 0. The van der Waals surface area contributed by atoms with Crippen molar-refractivity contribution < 1.29 is 0 Å². The molecule has 1 aliphatic carbocycles. The van der Waals surface area contributed by atoms with Gasteiger partial charge < -0.3 is 4.90 Å². The molecule has 0 N–H and O–H groups in total. The first kappa shape index (κ1) is 33.6. The quantitative estimate of drug-likeness (QED) is 0.167. The summed E-state index contributed by atoms with van der Waals surface area (Å²) in [5.74, 6) is 0. The predicted molar refractivity (Wildman–Crippen MR) is 231 cm³/mol. The minimum absolute atomic E-state index is 0.0495. The standard InChI is InChI=1S/C53H45N/c1-52(2,3)46-28-16-14-26-43(46)45-33-38-23-12-13-24-39(38)34-50(45)54(49-30-17-15-25-41(49)36-19-8-6-9-20-36)40-31-32-44-48(35-40)53(4,5)47-29-18-27-42(51(44)47)37-21-10-7-11-22-37/h6-35H,1-5H3. The topological polar surface area (TPSA) is 3.24 Å². The van der Waals surface area contributed by atoms with E-state index in [1.807, 2.05) is 0 Å². The zero-order valence-electron chi connectivity index (χ0n) is 31.8. The highest BCUT2D eigenvalue weighted by molar-refractivity contribution is 6.02. The van der Waals surface area contributed by atoms with E-state index >= 15 is 0 Å². The molecule has 0 saturated carbocycles. The Labute approximate surface area is 320 Å². The third-order valence-corrected chi connectivity index (χ3v) is 11.4. The van der Waals surface area contributed by atoms with Crippen molar-refractivity contribution in [1.82, 2.24) is 0 Å². The van der Waals surface area contributed by atoms with E-state index < -0.39 is 0 Å². The summed E-state index contributed by atoms with van der Waals surface area (Å²) in [6, 6.07) is 67.2. The highest BCUT2D eigenvalue weighted by Crippen LogP contribution is 2.55. The summed E-state index contributed by atoms with van der Waals surface area (Å²) in [5.41, 5.74) is 17.3. The second kappa shape index (κ2) is 13.0. The van der Waals surface area contributed by atoms with Gasteiger partial charge in [0.1, 0.15) is 0 Å². The lowest BCUT2D eigenvalue weighted by atomic mass is 9.81. The molecular formula is C53H45N. The number of hydrogen-bond donors (Lipinski definition) is 0. The summed E-state index contributed by atoms with van der Waals surface area (Å²) in [5, 5.41) is 2.45. The molecular weight excluding hydrogens is 651 g/mol. The molecule has 0 fully saturated rings. The smallest absolute Gasteiger partial charge is 0.0546 e. The molecule has 0 saturated heterocycles. The van der Waals surface area contributed by atoms with Crippen molar-refractivity contribution in [1.29, 1.82) is 0 Å². The fourth-order valence-electron chi connectivity index (χ4n) is 8.71. The highest BCUT2D eigenvalue weighted by atomic mass is 15.1. The van der Waals surface area contributed by atoms with Crippen LogP contribution in [0.4, 0.5) is 17.1 Å². The Balaban J connectivity index is 1.35. The summed E-state index contributed by atoms with van der Waals surface area (Å²) in [6.07, 6.45) is 0. The minimum Gasteiger partial charge on any atom is -0.309 e. The van der Waals surface area contributed by atoms with E-state index in [-0.39, 0.29) is 10.8 Å². The fraction of sp³-hybridized carbons (Fsp3) is 0.132. The van der Waals surface area contributed by atoms with E-state index in [9.17, 15) is 0 Å². The van der Waals surface area contributed by atoms with Crippen molar-refractivity contribution in [3.8, 4) is 44.5 Å². The second-order valence-electron chi connectivity index (χ2n) is 16.2. The molecule has 9 rings (SSSR count). The molecule has 1 heteroatoms. The Morgan fingerprint density at radius 2 is 0.981 bits per heavy atom. The maximum absolute atomic E-state index is 2.53. The van der Waals surface area contributed by atoms with E-state index in [4.69, 9.17) is 0 Å². The third kappa shape index (κ3) is 5.63. The van der Waals surface area contributed by atoms with Crippen molar-refractivity contribution >= 4 is 27.8 Å². The van der Waals surface area contributed by atoms with Gasteiger partial charge in [-0.2, -0.15) is 0 Å². The van der Waals surface area contributed by atoms with Crippen LogP contribution in [0.15, 0.2) is 182 Å². The van der Waals surface area contributed by atoms with Crippen molar-refractivity contribution in [3.63, 3.8) is 0 Å². The van der Waals surface area contributed by atoms with Crippen molar-refractivity contribution in [2.75, 3.05) is 4.90 Å². The van der Waals surface area contributed by atoms with Crippen molar-refractivity contribution in [3.05, 3.63) is 199 Å². The zero-order chi connectivity index (χ0) is 37.0. The average molecular weight is 696 g/mol. The lowest BCUT2D eigenvalue weighted by molar-refractivity contribution is 0.592. The molecule has 0 radical (unpaired) electrons.